The van der Waals surface area contributed by atoms with E-state index >= 15 is 0 Å². The Kier molecular flexibility index (Phi) is 7.21. The maximum Gasteiger partial charge on any atom is 0.196 e. The molecule has 6 rings (SSSR count). The van der Waals surface area contributed by atoms with Gasteiger partial charge >= 0.3 is 0 Å². The maximum absolute atomic E-state index is 14.6. The highest BCUT2D eigenvalue weighted by molar-refractivity contribution is 6.01. The lowest BCUT2D eigenvalue weighted by molar-refractivity contribution is -0.133. The summed E-state index contributed by atoms with van der Waals surface area (Å²) >= 11 is 0. The number of aromatic hydroxyl groups is 2. The molecule has 0 amide bonds. The summed E-state index contributed by atoms with van der Waals surface area (Å²) in [6, 6.07) is 3.58. The van der Waals surface area contributed by atoms with Crippen LogP contribution in [0, 0.1) is 34.5 Å². The normalized spacial score (nSPS) is 36.7. The molecule has 1 aromatic carbocycles. The van der Waals surface area contributed by atoms with E-state index in [0.29, 0.717) is 19.3 Å². The van der Waals surface area contributed by atoms with E-state index in [2.05, 4.69) is 27.4 Å². The van der Waals surface area contributed by atoms with Crippen LogP contribution in [-0.4, -0.2) is 45.5 Å². The molecule has 0 unspecified atom stereocenters. The molecule has 8 nitrogen and oxygen atoms in total. The Morgan fingerprint density at radius 3 is 2.50 bits per heavy atom. The monoisotopic (exact) mass is 604 g/mol. The summed E-state index contributed by atoms with van der Waals surface area (Å²) < 4.78 is 11.8. The first-order valence-electron chi connectivity index (χ1n) is 15.7. The van der Waals surface area contributed by atoms with Crippen LogP contribution < -0.4 is 5.43 Å². The maximum atomic E-state index is 14.6. The number of fused-ring (bicyclic) bond motifs is 3. The topological polar surface area (TPSA) is 137 Å². The van der Waals surface area contributed by atoms with Crippen molar-refractivity contribution >= 4 is 16.8 Å². The second-order valence-electron chi connectivity index (χ2n) is 14.6. The van der Waals surface area contributed by atoms with E-state index in [1.165, 1.54) is 25.3 Å². The number of phenolic OH excluding ortho intramolecular Hbond substituents is 2. The molecule has 0 radical (unpaired) electrons. The number of hydrogen-bond donors (Lipinski definition) is 4. The molecule has 44 heavy (non-hydrogen) atoms. The molecule has 4 aliphatic carbocycles. The second kappa shape index (κ2) is 10.3. The predicted octanol–water partition coefficient (Wildman–Crippen LogP) is 5.66. The van der Waals surface area contributed by atoms with Crippen molar-refractivity contribution in [3.63, 3.8) is 0 Å². The number of phenols is 2. The zero-order valence-electron chi connectivity index (χ0n) is 26.2. The zero-order chi connectivity index (χ0) is 31.9. The SMILES string of the molecule is C=C1[C@@H](O)C[C@H]2C(C)(C)CCC[C@]2(C)[C@H]1C[C@H]1C(C)=CC[C@H]2[C@H](O)C(OC)=CC(=O)[C@@]12c1cc(=O)c2c(O)cc(O)cc2o1. The zero-order valence-corrected chi connectivity index (χ0v) is 26.2. The van der Waals surface area contributed by atoms with Crippen molar-refractivity contribution in [2.75, 3.05) is 7.11 Å². The first-order chi connectivity index (χ1) is 20.7. The van der Waals surface area contributed by atoms with Crippen LogP contribution in [0.15, 0.2) is 63.0 Å². The van der Waals surface area contributed by atoms with Gasteiger partial charge in [-0.2, -0.15) is 0 Å². The van der Waals surface area contributed by atoms with Crippen molar-refractivity contribution in [2.45, 2.75) is 83.8 Å². The largest absolute Gasteiger partial charge is 0.508 e. The Hall–Kier alpha value is -3.36. The van der Waals surface area contributed by atoms with Gasteiger partial charge in [0, 0.05) is 36.1 Å². The van der Waals surface area contributed by atoms with Crippen LogP contribution in [0.1, 0.15) is 72.0 Å². The number of carbonyl (C=O) groups is 1. The van der Waals surface area contributed by atoms with Crippen molar-refractivity contribution in [3.8, 4) is 11.5 Å². The average Bonchev–Trinajstić information content (AvgIpc) is 2.94. The third-order valence-corrected chi connectivity index (χ3v) is 12.0. The Morgan fingerprint density at radius 1 is 1.07 bits per heavy atom. The van der Waals surface area contributed by atoms with E-state index in [4.69, 9.17) is 9.15 Å². The van der Waals surface area contributed by atoms with Gasteiger partial charge in [0.15, 0.2) is 11.2 Å². The Morgan fingerprint density at radius 2 is 1.80 bits per heavy atom. The summed E-state index contributed by atoms with van der Waals surface area (Å²) in [4.78, 5) is 28.2. The van der Waals surface area contributed by atoms with Crippen LogP contribution in [0.5, 0.6) is 11.5 Å². The summed E-state index contributed by atoms with van der Waals surface area (Å²) in [5.41, 5.74) is -0.566. The van der Waals surface area contributed by atoms with Crippen LogP contribution >= 0.6 is 0 Å². The summed E-state index contributed by atoms with van der Waals surface area (Å²) in [7, 11) is 1.41. The Balaban J connectivity index is 1.59. The van der Waals surface area contributed by atoms with E-state index < -0.39 is 40.6 Å². The van der Waals surface area contributed by atoms with Crippen molar-refractivity contribution in [3.05, 3.63) is 69.8 Å². The van der Waals surface area contributed by atoms with Gasteiger partial charge in [-0.05, 0) is 67.3 Å². The van der Waals surface area contributed by atoms with Crippen molar-refractivity contribution in [2.24, 2.45) is 34.5 Å². The molecule has 0 aliphatic heterocycles. The number of ketones is 1. The molecule has 4 aliphatic rings. The number of hydrogen-bond acceptors (Lipinski definition) is 8. The molecule has 1 aromatic heterocycles. The van der Waals surface area contributed by atoms with Crippen LogP contribution in [0.2, 0.25) is 0 Å². The highest BCUT2D eigenvalue weighted by Gasteiger charge is 2.63. The summed E-state index contributed by atoms with van der Waals surface area (Å²) in [5.74, 6) is -1.96. The van der Waals surface area contributed by atoms with Gasteiger partial charge in [-0.15, -0.1) is 0 Å². The minimum absolute atomic E-state index is 0.0205. The fourth-order valence-corrected chi connectivity index (χ4v) is 9.87. The fourth-order valence-electron chi connectivity index (χ4n) is 9.87. The molecule has 236 valence electrons. The van der Waals surface area contributed by atoms with Crippen molar-refractivity contribution in [1.29, 1.82) is 0 Å². The van der Waals surface area contributed by atoms with Crippen molar-refractivity contribution < 1.29 is 34.4 Å². The van der Waals surface area contributed by atoms with E-state index in [1.54, 1.807) is 0 Å². The van der Waals surface area contributed by atoms with E-state index in [0.717, 1.165) is 36.5 Å². The number of aliphatic hydroxyl groups is 2. The third-order valence-electron chi connectivity index (χ3n) is 12.0. The predicted molar refractivity (Wildman–Crippen MR) is 166 cm³/mol. The smallest absolute Gasteiger partial charge is 0.196 e. The van der Waals surface area contributed by atoms with E-state index in [1.807, 2.05) is 13.0 Å². The van der Waals surface area contributed by atoms with Gasteiger partial charge in [-0.25, -0.2) is 0 Å². The molecule has 4 N–H and O–H groups in total. The van der Waals surface area contributed by atoms with Gasteiger partial charge < -0.3 is 29.6 Å². The Labute approximate surface area is 257 Å². The molecule has 2 saturated carbocycles. The van der Waals surface area contributed by atoms with Crippen LogP contribution in [0.25, 0.3) is 11.0 Å². The molecule has 8 atom stereocenters. The molecule has 0 bridgehead atoms. The third kappa shape index (κ3) is 4.24. The molecule has 1 heterocycles. The number of carbonyl (C=O) groups excluding carboxylic acids is 1. The molecule has 0 saturated heterocycles. The van der Waals surface area contributed by atoms with Gasteiger partial charge in [0.2, 0.25) is 0 Å². The van der Waals surface area contributed by atoms with Gasteiger partial charge in [0.05, 0.1) is 13.2 Å². The molecular weight excluding hydrogens is 560 g/mol. The highest BCUT2D eigenvalue weighted by Crippen LogP contribution is 2.64. The minimum atomic E-state index is -1.49. The lowest BCUT2D eigenvalue weighted by atomic mass is 9.44. The fraction of sp³-hybridized carbons (Fsp3) is 0.556. The van der Waals surface area contributed by atoms with Crippen LogP contribution in [-0.2, 0) is 14.9 Å². The van der Waals surface area contributed by atoms with Crippen LogP contribution in [0.3, 0.4) is 0 Å². The number of methoxy groups -OCH3 is 1. The molecule has 2 aromatic rings. The number of rotatable bonds is 4. The first-order valence-corrected chi connectivity index (χ1v) is 15.7. The molecule has 0 spiro atoms. The van der Waals surface area contributed by atoms with Crippen molar-refractivity contribution in [1.82, 2.24) is 0 Å². The van der Waals surface area contributed by atoms with Gasteiger partial charge in [-0.1, -0.05) is 45.4 Å². The molecule has 2 fully saturated rings. The average molecular weight is 605 g/mol. The summed E-state index contributed by atoms with van der Waals surface area (Å²) in [5, 5.41) is 43.6. The standard InChI is InChI=1S/C36H44O8/c1-18-8-9-21-33(42)28(43-6)17-30(41)36(21,31-16-26(40)32-25(39)12-20(37)13-27(32)44-31)22(18)14-23-19(2)24(38)15-29-34(3,4)10-7-11-35(23,29)5/h8,12-13,16-17,21-24,29,33,37-39,42H,2,7,9-11,14-15H2,1,3-6H3/t21-,22-,23-,24-,29-,33-,35+,36-/m0/s1. The first kappa shape index (κ1) is 30.7. The minimum Gasteiger partial charge on any atom is -0.508 e. The molecular formula is C36H44O8. The number of allylic oxidation sites excluding steroid dienone is 3. The lowest BCUT2D eigenvalue weighted by Crippen LogP contribution is -2.59. The van der Waals surface area contributed by atoms with E-state index in [-0.39, 0.29) is 56.7 Å². The summed E-state index contributed by atoms with van der Waals surface area (Å²) in [6.45, 7) is 13.3. The highest BCUT2D eigenvalue weighted by atomic mass is 16.5. The second-order valence-corrected chi connectivity index (χ2v) is 14.6. The lowest BCUT2D eigenvalue weighted by Gasteiger charge is -2.60. The van der Waals surface area contributed by atoms with Gasteiger partial charge in [0.25, 0.3) is 0 Å². The van der Waals surface area contributed by atoms with E-state index in [9.17, 15) is 30.0 Å². The quantitative estimate of drug-likeness (QED) is 0.328. The number of aliphatic hydroxyl groups excluding tert-OH is 2. The van der Waals surface area contributed by atoms with Crippen LogP contribution in [0.4, 0.5) is 0 Å². The number of ether oxygens (including phenoxy) is 1. The Bertz CT molecular complexity index is 1660. The molecule has 8 heteroatoms. The van der Waals surface area contributed by atoms with Gasteiger partial charge in [0.1, 0.15) is 45.5 Å². The van der Waals surface area contributed by atoms with Gasteiger partial charge in [-0.3, -0.25) is 9.59 Å². The number of benzene rings is 1. The summed E-state index contributed by atoms with van der Waals surface area (Å²) in [6.07, 6.45) is 6.08.